The van der Waals surface area contributed by atoms with Gasteiger partial charge in [0.1, 0.15) is 12.1 Å². The maximum Gasteiger partial charge on any atom is 0.187 e. The fourth-order valence-corrected chi connectivity index (χ4v) is 1.12. The van der Waals surface area contributed by atoms with E-state index in [4.69, 9.17) is 0 Å². The molecule has 0 atom stereocenters. The fourth-order valence-electron chi connectivity index (χ4n) is 0.462. The van der Waals surface area contributed by atoms with Gasteiger partial charge in [-0.15, -0.1) is 5.48 Å². The summed E-state index contributed by atoms with van der Waals surface area (Å²) in [6.45, 7) is 0. The molecule has 0 bridgehead atoms. The van der Waals surface area contributed by atoms with Crippen LogP contribution in [-0.2, 0) is 14.7 Å². The Hall–Kier alpha value is -0.810. The van der Waals surface area contributed by atoms with Crippen LogP contribution in [0.15, 0.2) is 23.8 Å². The average molecular weight is 161 g/mol. The highest BCUT2D eigenvalue weighted by Gasteiger charge is 2.04. The van der Waals surface area contributed by atoms with E-state index in [1.807, 2.05) is 0 Å². The van der Waals surface area contributed by atoms with E-state index in [0.717, 1.165) is 5.41 Å². The molecule has 1 aliphatic heterocycles. The maximum atomic E-state index is 10.8. The summed E-state index contributed by atoms with van der Waals surface area (Å²) in [6, 6.07) is 0. The third-order valence-electron chi connectivity index (χ3n) is 0.887. The number of hydroxylamine groups is 1. The Morgan fingerprint density at radius 3 is 3.00 bits per heavy atom. The topological polar surface area (TPSA) is 55.4 Å². The fraction of sp³-hybridized carbons (Fsp3) is 0.200. The first-order valence-electron chi connectivity index (χ1n) is 2.65. The monoisotopic (exact) mass is 161 g/mol. The van der Waals surface area contributed by atoms with Crippen molar-refractivity contribution in [2.75, 3.05) is 5.88 Å². The lowest BCUT2D eigenvalue weighted by Crippen LogP contribution is -2.20. The Morgan fingerprint density at radius 2 is 2.20 bits per heavy atom. The van der Waals surface area contributed by atoms with Crippen LogP contribution in [0, 0.1) is 0 Å². The zero-order valence-electron chi connectivity index (χ0n) is 5.15. The van der Waals surface area contributed by atoms with Gasteiger partial charge in [-0.3, -0.25) is 0 Å². The van der Waals surface area contributed by atoms with E-state index < -0.39 is 9.84 Å². The predicted octanol–water partition coefficient (Wildman–Crippen LogP) is -0.0791. The lowest BCUT2D eigenvalue weighted by molar-refractivity contribution is 0.151. The van der Waals surface area contributed by atoms with Gasteiger partial charge in [-0.05, 0) is 12.2 Å². The van der Waals surface area contributed by atoms with E-state index in [1.165, 1.54) is 18.4 Å². The second-order valence-electron chi connectivity index (χ2n) is 1.73. The normalized spacial score (nSPS) is 29.2. The zero-order chi connectivity index (χ0) is 7.45. The van der Waals surface area contributed by atoms with Crippen LogP contribution in [0.3, 0.4) is 0 Å². The Bertz CT molecular complexity index is 252. The lowest BCUT2D eigenvalue weighted by Gasteiger charge is -2.02. The molecule has 5 heteroatoms. The van der Waals surface area contributed by atoms with Crippen molar-refractivity contribution in [2.45, 2.75) is 0 Å². The summed E-state index contributed by atoms with van der Waals surface area (Å²) in [7, 11) is -3.11. The quantitative estimate of drug-likeness (QED) is 0.540. The molecule has 1 heterocycles. The first kappa shape index (κ1) is 7.30. The van der Waals surface area contributed by atoms with Crippen LogP contribution in [0.2, 0.25) is 0 Å². The molecular formula is C5H7NO3S. The van der Waals surface area contributed by atoms with Gasteiger partial charge in [-0.1, -0.05) is 0 Å². The molecule has 10 heavy (non-hydrogen) atoms. The van der Waals surface area contributed by atoms with Crippen molar-refractivity contribution < 1.29 is 13.3 Å². The Balaban J connectivity index is 2.81. The summed E-state index contributed by atoms with van der Waals surface area (Å²) < 4.78 is 21.5. The van der Waals surface area contributed by atoms with Crippen LogP contribution < -0.4 is 5.48 Å². The van der Waals surface area contributed by atoms with Crippen molar-refractivity contribution in [3.05, 3.63) is 23.8 Å². The number of hydrogen-bond donors (Lipinski definition) is 1. The standard InChI is InChI=1S/C5H7NO3S/c7-10(8)4-2-1-3-9-6-5-10/h1-4,6H,5H2/b3-1+,4-2+. The van der Waals surface area contributed by atoms with Crippen LogP contribution in [0.5, 0.6) is 0 Å². The van der Waals surface area contributed by atoms with Gasteiger partial charge >= 0.3 is 0 Å². The summed E-state index contributed by atoms with van der Waals surface area (Å²) in [6.07, 6.45) is 4.27. The molecule has 0 aromatic carbocycles. The Morgan fingerprint density at radius 1 is 1.40 bits per heavy atom. The SMILES string of the molecule is O=S1(=O)/C=C/C=C/ONC1. The summed E-state index contributed by atoms with van der Waals surface area (Å²) in [5, 5.41) is 1.12. The van der Waals surface area contributed by atoms with Gasteiger partial charge in [-0.25, -0.2) is 8.42 Å². The molecule has 0 aromatic heterocycles. The molecule has 56 valence electrons. The summed E-state index contributed by atoms with van der Waals surface area (Å²) in [4.78, 5) is 4.55. The van der Waals surface area contributed by atoms with E-state index in [0.29, 0.717) is 0 Å². The maximum absolute atomic E-state index is 10.8. The van der Waals surface area contributed by atoms with E-state index >= 15 is 0 Å². The summed E-state index contributed by atoms with van der Waals surface area (Å²) >= 11 is 0. The van der Waals surface area contributed by atoms with Gasteiger partial charge in [0.2, 0.25) is 0 Å². The smallest absolute Gasteiger partial charge is 0.187 e. The molecule has 0 amide bonds. The van der Waals surface area contributed by atoms with E-state index in [-0.39, 0.29) is 5.88 Å². The largest absolute Gasteiger partial charge is 0.416 e. The molecule has 1 aliphatic rings. The Labute approximate surface area is 59.1 Å². The van der Waals surface area contributed by atoms with Gasteiger partial charge in [-0.2, -0.15) is 0 Å². The highest BCUT2D eigenvalue weighted by Crippen LogP contribution is 1.93. The van der Waals surface area contributed by atoms with Crippen molar-refractivity contribution >= 4 is 9.84 Å². The minimum atomic E-state index is -3.11. The molecule has 0 saturated heterocycles. The van der Waals surface area contributed by atoms with Gasteiger partial charge < -0.3 is 4.84 Å². The second-order valence-corrected chi connectivity index (χ2v) is 3.61. The lowest BCUT2D eigenvalue weighted by atomic mass is 10.6. The molecule has 0 saturated carbocycles. The molecule has 0 radical (unpaired) electrons. The molecule has 1 N–H and O–H groups in total. The third-order valence-corrected chi connectivity index (χ3v) is 1.98. The predicted molar refractivity (Wildman–Crippen MR) is 36.3 cm³/mol. The minimum absolute atomic E-state index is 0.187. The summed E-state index contributed by atoms with van der Waals surface area (Å²) in [5.74, 6) is -0.187. The van der Waals surface area contributed by atoms with Crippen LogP contribution in [0.1, 0.15) is 0 Å². The molecule has 0 spiro atoms. The van der Waals surface area contributed by atoms with E-state index in [1.54, 1.807) is 0 Å². The molecule has 1 rings (SSSR count). The van der Waals surface area contributed by atoms with Crippen LogP contribution >= 0.6 is 0 Å². The molecular weight excluding hydrogens is 154 g/mol. The number of nitrogens with one attached hydrogen (secondary N) is 1. The van der Waals surface area contributed by atoms with E-state index in [2.05, 4.69) is 10.3 Å². The second kappa shape index (κ2) is 2.85. The zero-order valence-corrected chi connectivity index (χ0v) is 5.97. The van der Waals surface area contributed by atoms with Crippen LogP contribution in [0.4, 0.5) is 0 Å². The van der Waals surface area contributed by atoms with Gasteiger partial charge in [0.15, 0.2) is 9.84 Å². The van der Waals surface area contributed by atoms with E-state index in [9.17, 15) is 8.42 Å². The van der Waals surface area contributed by atoms with Crippen LogP contribution in [0.25, 0.3) is 0 Å². The van der Waals surface area contributed by atoms with Crippen LogP contribution in [-0.4, -0.2) is 14.3 Å². The number of rotatable bonds is 0. The average Bonchev–Trinajstić information content (AvgIpc) is 1.81. The van der Waals surface area contributed by atoms with Crippen molar-refractivity contribution in [1.82, 2.24) is 5.48 Å². The first-order chi connectivity index (χ1) is 4.71. The Kier molecular flexibility index (Phi) is 2.08. The molecule has 0 aromatic rings. The van der Waals surface area contributed by atoms with Crippen molar-refractivity contribution in [3.8, 4) is 0 Å². The molecule has 0 fully saturated rings. The van der Waals surface area contributed by atoms with Gasteiger partial charge in [0.05, 0.1) is 0 Å². The molecule has 4 nitrogen and oxygen atoms in total. The number of hydrogen-bond acceptors (Lipinski definition) is 4. The van der Waals surface area contributed by atoms with Gasteiger partial charge in [0.25, 0.3) is 0 Å². The highest BCUT2D eigenvalue weighted by molar-refractivity contribution is 7.94. The van der Waals surface area contributed by atoms with Gasteiger partial charge in [0, 0.05) is 5.41 Å². The van der Waals surface area contributed by atoms with Crippen molar-refractivity contribution in [3.63, 3.8) is 0 Å². The first-order valence-corrected chi connectivity index (χ1v) is 4.37. The number of allylic oxidation sites excluding steroid dienone is 2. The number of sulfone groups is 1. The highest BCUT2D eigenvalue weighted by atomic mass is 32.2. The minimum Gasteiger partial charge on any atom is -0.416 e. The van der Waals surface area contributed by atoms with Crippen molar-refractivity contribution in [1.29, 1.82) is 0 Å². The third kappa shape index (κ3) is 2.20. The summed E-state index contributed by atoms with van der Waals surface area (Å²) in [5.41, 5.74) is 2.25. The molecule has 0 aliphatic carbocycles. The van der Waals surface area contributed by atoms with Crippen molar-refractivity contribution in [2.24, 2.45) is 0 Å². The molecule has 0 unspecified atom stereocenters.